The van der Waals surface area contributed by atoms with Gasteiger partial charge in [-0.2, -0.15) is 0 Å². The van der Waals surface area contributed by atoms with E-state index in [1.807, 2.05) is 12.4 Å². The third-order valence-corrected chi connectivity index (χ3v) is 1.74. The number of hydrogen-bond donors (Lipinski definition) is 0. The Morgan fingerprint density at radius 3 is 2.27 bits per heavy atom. The summed E-state index contributed by atoms with van der Waals surface area (Å²) in [5.41, 5.74) is 1.58. The molecule has 0 fully saturated rings. The average molecular weight is 153 g/mol. The third kappa shape index (κ3) is 4.77. The van der Waals surface area contributed by atoms with Crippen molar-refractivity contribution in [2.24, 2.45) is 10.4 Å². The molecule has 0 aliphatic rings. The van der Waals surface area contributed by atoms with E-state index in [0.717, 1.165) is 6.42 Å². The molecule has 0 spiro atoms. The van der Waals surface area contributed by atoms with Crippen molar-refractivity contribution in [2.75, 3.05) is 0 Å². The van der Waals surface area contributed by atoms with Crippen LogP contribution in [0.3, 0.4) is 0 Å². The molecule has 0 aliphatic carbocycles. The van der Waals surface area contributed by atoms with Crippen LogP contribution in [0.5, 0.6) is 0 Å². The lowest BCUT2D eigenvalue weighted by molar-refractivity contribution is 0.502. The summed E-state index contributed by atoms with van der Waals surface area (Å²) in [5, 5.41) is 0. The van der Waals surface area contributed by atoms with Gasteiger partial charge >= 0.3 is 0 Å². The second-order valence-electron chi connectivity index (χ2n) is 3.80. The molecule has 0 rings (SSSR count). The molecule has 0 saturated heterocycles. The zero-order valence-electron chi connectivity index (χ0n) is 8.31. The molecule has 0 saturated carbocycles. The van der Waals surface area contributed by atoms with Crippen LogP contribution < -0.4 is 0 Å². The molecule has 0 atom stereocenters. The normalized spacial score (nSPS) is 14.5. The second kappa shape index (κ2) is 4.32. The minimum absolute atomic E-state index is 0.255. The van der Waals surface area contributed by atoms with Crippen molar-refractivity contribution in [1.29, 1.82) is 0 Å². The lowest BCUT2D eigenvalue weighted by Crippen LogP contribution is -2.05. The monoisotopic (exact) mass is 153 g/mol. The van der Waals surface area contributed by atoms with Crippen molar-refractivity contribution < 1.29 is 0 Å². The fourth-order valence-electron chi connectivity index (χ4n) is 0.464. The van der Waals surface area contributed by atoms with Gasteiger partial charge in [0.2, 0.25) is 0 Å². The van der Waals surface area contributed by atoms with Gasteiger partial charge in [-0.15, -0.1) is 0 Å². The maximum Gasteiger partial charge on any atom is 0.0258 e. The van der Waals surface area contributed by atoms with Crippen LogP contribution in [0.2, 0.25) is 0 Å². The van der Waals surface area contributed by atoms with Crippen molar-refractivity contribution >= 4 is 6.21 Å². The summed E-state index contributed by atoms with van der Waals surface area (Å²) in [6, 6.07) is 0. The standard InChI is InChI=1S/C10H19N/c1-6-7-11-8-9(2)10(3,4)5/h7-8H,6H2,1-5H3/b9-8+,11-7?. The molecule has 11 heavy (non-hydrogen) atoms. The highest BCUT2D eigenvalue weighted by Crippen LogP contribution is 2.23. The number of rotatable bonds is 2. The van der Waals surface area contributed by atoms with Crippen LogP contribution in [-0.4, -0.2) is 6.21 Å². The Morgan fingerprint density at radius 1 is 1.36 bits per heavy atom. The van der Waals surface area contributed by atoms with Gasteiger partial charge in [0.1, 0.15) is 0 Å². The first-order valence-corrected chi connectivity index (χ1v) is 4.17. The van der Waals surface area contributed by atoms with Gasteiger partial charge in [0.15, 0.2) is 0 Å². The summed E-state index contributed by atoms with van der Waals surface area (Å²) in [4.78, 5) is 4.17. The predicted octanol–water partition coefficient (Wildman–Crippen LogP) is 3.42. The smallest absolute Gasteiger partial charge is 0.0258 e. The highest BCUT2D eigenvalue weighted by atomic mass is 14.7. The van der Waals surface area contributed by atoms with Crippen LogP contribution in [-0.2, 0) is 0 Å². The second-order valence-corrected chi connectivity index (χ2v) is 3.80. The van der Waals surface area contributed by atoms with E-state index in [4.69, 9.17) is 0 Å². The molecule has 0 N–H and O–H groups in total. The van der Waals surface area contributed by atoms with Gasteiger partial charge in [-0.1, -0.05) is 27.7 Å². The van der Waals surface area contributed by atoms with E-state index in [-0.39, 0.29) is 5.41 Å². The lowest BCUT2D eigenvalue weighted by Gasteiger charge is -2.18. The van der Waals surface area contributed by atoms with E-state index < -0.39 is 0 Å². The number of allylic oxidation sites excluding steroid dienone is 1. The molecule has 0 amide bonds. The van der Waals surface area contributed by atoms with Crippen LogP contribution in [0.25, 0.3) is 0 Å². The third-order valence-electron chi connectivity index (χ3n) is 1.74. The fraction of sp³-hybridized carbons (Fsp3) is 0.700. The Kier molecular flexibility index (Phi) is 4.09. The SMILES string of the molecule is CCC=N/C=C(\C)C(C)(C)C. The quantitative estimate of drug-likeness (QED) is 0.539. The van der Waals surface area contributed by atoms with Gasteiger partial charge in [0.05, 0.1) is 0 Å². The van der Waals surface area contributed by atoms with E-state index in [1.54, 1.807) is 0 Å². The number of nitrogens with zero attached hydrogens (tertiary/aromatic N) is 1. The maximum absolute atomic E-state index is 4.17. The predicted molar refractivity (Wildman–Crippen MR) is 52.0 cm³/mol. The summed E-state index contributed by atoms with van der Waals surface area (Å²) in [7, 11) is 0. The van der Waals surface area contributed by atoms with Crippen LogP contribution in [0, 0.1) is 5.41 Å². The molecule has 0 bridgehead atoms. The van der Waals surface area contributed by atoms with Gasteiger partial charge in [-0.3, -0.25) is 4.99 Å². The first-order valence-electron chi connectivity index (χ1n) is 4.17. The van der Waals surface area contributed by atoms with Crippen LogP contribution in [0.4, 0.5) is 0 Å². The Bertz CT molecular complexity index is 158. The van der Waals surface area contributed by atoms with E-state index in [2.05, 4.69) is 39.6 Å². The van der Waals surface area contributed by atoms with Crippen molar-refractivity contribution in [2.45, 2.75) is 41.0 Å². The van der Waals surface area contributed by atoms with Crippen molar-refractivity contribution in [3.05, 3.63) is 11.8 Å². The number of aliphatic imine (C=N–C) groups is 1. The van der Waals surface area contributed by atoms with Gasteiger partial charge in [-0.25, -0.2) is 0 Å². The summed E-state index contributed by atoms with van der Waals surface area (Å²) in [6.07, 6.45) is 4.88. The van der Waals surface area contributed by atoms with Crippen LogP contribution in [0.15, 0.2) is 16.8 Å². The summed E-state index contributed by atoms with van der Waals surface area (Å²) < 4.78 is 0. The van der Waals surface area contributed by atoms with Gasteiger partial charge < -0.3 is 0 Å². The minimum atomic E-state index is 0.255. The first kappa shape index (κ1) is 10.4. The molecule has 0 unspecified atom stereocenters. The highest BCUT2D eigenvalue weighted by Gasteiger charge is 2.11. The van der Waals surface area contributed by atoms with Crippen molar-refractivity contribution in [3.63, 3.8) is 0 Å². The number of hydrogen-bond acceptors (Lipinski definition) is 1. The Morgan fingerprint density at radius 2 is 1.91 bits per heavy atom. The zero-order valence-corrected chi connectivity index (χ0v) is 8.31. The molecule has 64 valence electrons. The van der Waals surface area contributed by atoms with Gasteiger partial charge in [-0.05, 0) is 24.3 Å². The lowest BCUT2D eigenvalue weighted by atomic mass is 9.88. The van der Waals surface area contributed by atoms with Crippen molar-refractivity contribution in [3.8, 4) is 0 Å². The molecule has 0 aliphatic heterocycles. The molecule has 1 heteroatoms. The average Bonchev–Trinajstić information content (AvgIpc) is 1.86. The van der Waals surface area contributed by atoms with Crippen molar-refractivity contribution in [1.82, 2.24) is 0 Å². The summed E-state index contributed by atoms with van der Waals surface area (Å²) >= 11 is 0. The summed E-state index contributed by atoms with van der Waals surface area (Å²) in [6.45, 7) is 10.8. The van der Waals surface area contributed by atoms with E-state index in [0.29, 0.717) is 0 Å². The van der Waals surface area contributed by atoms with Gasteiger partial charge in [0.25, 0.3) is 0 Å². The molecule has 1 nitrogen and oxygen atoms in total. The molecule has 0 heterocycles. The first-order chi connectivity index (χ1) is 4.98. The highest BCUT2D eigenvalue weighted by molar-refractivity contribution is 5.57. The molecular formula is C10H19N. The molecule has 0 aromatic rings. The van der Waals surface area contributed by atoms with E-state index in [9.17, 15) is 0 Å². The van der Waals surface area contributed by atoms with Crippen LogP contribution in [0.1, 0.15) is 41.0 Å². The topological polar surface area (TPSA) is 12.4 Å². The Balaban J connectivity index is 4.12. The minimum Gasteiger partial charge on any atom is -0.269 e. The van der Waals surface area contributed by atoms with Gasteiger partial charge in [0, 0.05) is 12.4 Å². The van der Waals surface area contributed by atoms with E-state index >= 15 is 0 Å². The molecule has 0 aromatic heterocycles. The molecule has 0 aromatic carbocycles. The van der Waals surface area contributed by atoms with Crippen LogP contribution >= 0.6 is 0 Å². The fourth-order valence-corrected chi connectivity index (χ4v) is 0.464. The maximum atomic E-state index is 4.17. The molecular weight excluding hydrogens is 134 g/mol. The Labute approximate surface area is 70.2 Å². The Hall–Kier alpha value is -0.590. The summed E-state index contributed by atoms with van der Waals surface area (Å²) in [5.74, 6) is 0. The largest absolute Gasteiger partial charge is 0.269 e. The zero-order chi connectivity index (χ0) is 8.91. The molecule has 0 radical (unpaired) electrons. The van der Waals surface area contributed by atoms with E-state index in [1.165, 1.54) is 5.57 Å².